The zero-order valence-corrected chi connectivity index (χ0v) is 11.3. The number of hydrogen-bond donors (Lipinski definition) is 1. The second-order valence-electron chi connectivity index (χ2n) is 4.71. The van der Waals surface area contributed by atoms with Gasteiger partial charge in [0.25, 0.3) is 0 Å². The zero-order chi connectivity index (χ0) is 11.4. The van der Waals surface area contributed by atoms with E-state index in [4.69, 9.17) is 4.74 Å². The Labute approximate surface area is 109 Å². The average Bonchev–Trinajstić information content (AvgIpc) is 2.39. The number of halogens is 1. The van der Waals surface area contributed by atoms with Gasteiger partial charge < -0.3 is 15.0 Å². The summed E-state index contributed by atoms with van der Waals surface area (Å²) < 4.78 is 5.43. The quantitative estimate of drug-likeness (QED) is 0.809. The molecule has 0 saturated carbocycles. The molecule has 1 amide bonds. The van der Waals surface area contributed by atoms with E-state index in [-0.39, 0.29) is 18.3 Å². The molecule has 5 heteroatoms. The number of piperidine rings is 1. The number of carbonyl (C=O) groups excluding carboxylic acids is 1. The number of morpholine rings is 1. The van der Waals surface area contributed by atoms with Crippen molar-refractivity contribution >= 4 is 18.3 Å². The van der Waals surface area contributed by atoms with Crippen molar-refractivity contribution in [1.29, 1.82) is 0 Å². The monoisotopic (exact) mass is 262 g/mol. The summed E-state index contributed by atoms with van der Waals surface area (Å²) in [6.45, 7) is 6.22. The lowest BCUT2D eigenvalue weighted by atomic mass is 9.97. The van der Waals surface area contributed by atoms with E-state index >= 15 is 0 Å². The molecule has 0 bridgehead atoms. The number of carbonyl (C=O) groups is 1. The van der Waals surface area contributed by atoms with E-state index in [0.29, 0.717) is 25.2 Å². The van der Waals surface area contributed by atoms with Crippen LogP contribution in [0.15, 0.2) is 0 Å². The van der Waals surface area contributed by atoms with Crippen molar-refractivity contribution in [3.8, 4) is 0 Å². The van der Waals surface area contributed by atoms with Crippen LogP contribution in [0.3, 0.4) is 0 Å². The molecule has 0 aromatic carbocycles. The maximum absolute atomic E-state index is 12.4. The average molecular weight is 263 g/mol. The number of rotatable bonds is 2. The van der Waals surface area contributed by atoms with Crippen LogP contribution in [0.2, 0.25) is 0 Å². The summed E-state index contributed by atoms with van der Waals surface area (Å²) in [6.07, 6.45) is 3.16. The maximum atomic E-state index is 12.4. The largest absolute Gasteiger partial charge is 0.377 e. The third-order valence-electron chi connectivity index (χ3n) is 3.63. The van der Waals surface area contributed by atoms with Crippen LogP contribution in [-0.2, 0) is 9.53 Å². The molecule has 0 aromatic heterocycles. The van der Waals surface area contributed by atoms with Crippen LogP contribution in [0.1, 0.15) is 26.2 Å². The molecule has 2 atom stereocenters. The first-order valence-electron chi connectivity index (χ1n) is 6.42. The van der Waals surface area contributed by atoms with E-state index < -0.39 is 0 Å². The highest BCUT2D eigenvalue weighted by atomic mass is 35.5. The second-order valence-corrected chi connectivity index (χ2v) is 4.71. The van der Waals surface area contributed by atoms with E-state index in [1.807, 2.05) is 4.90 Å². The van der Waals surface area contributed by atoms with Gasteiger partial charge in [-0.15, -0.1) is 12.4 Å². The molecule has 2 saturated heterocycles. The summed E-state index contributed by atoms with van der Waals surface area (Å²) >= 11 is 0. The van der Waals surface area contributed by atoms with Crippen molar-refractivity contribution in [2.24, 2.45) is 5.92 Å². The van der Waals surface area contributed by atoms with Crippen LogP contribution in [0.4, 0.5) is 0 Å². The lowest BCUT2D eigenvalue weighted by Gasteiger charge is -2.38. The van der Waals surface area contributed by atoms with Gasteiger partial charge in [0.1, 0.15) is 0 Å². The molecule has 17 heavy (non-hydrogen) atoms. The Morgan fingerprint density at radius 2 is 2.35 bits per heavy atom. The topological polar surface area (TPSA) is 41.6 Å². The highest BCUT2D eigenvalue weighted by molar-refractivity contribution is 5.85. The van der Waals surface area contributed by atoms with Gasteiger partial charge in [0, 0.05) is 13.1 Å². The summed E-state index contributed by atoms with van der Waals surface area (Å²) in [7, 11) is 0. The van der Waals surface area contributed by atoms with E-state index in [0.717, 1.165) is 38.9 Å². The lowest BCUT2D eigenvalue weighted by molar-refractivity contribution is -0.145. The van der Waals surface area contributed by atoms with Crippen LogP contribution in [0.25, 0.3) is 0 Å². The molecule has 2 fully saturated rings. The standard InChI is InChI=1S/C12H22N2O2.ClH/c1-2-11-9-16-7-6-14(11)12(15)10-4-3-5-13-8-10;/h10-11,13H,2-9H2,1H3;1H/t10-,11?;/m1./s1. The fourth-order valence-electron chi connectivity index (χ4n) is 2.58. The van der Waals surface area contributed by atoms with E-state index in [1.54, 1.807) is 0 Å². The summed E-state index contributed by atoms with van der Waals surface area (Å²) in [5, 5.41) is 3.31. The molecule has 2 aliphatic heterocycles. The Hall–Kier alpha value is -0.320. The molecule has 2 heterocycles. The fourth-order valence-corrected chi connectivity index (χ4v) is 2.58. The van der Waals surface area contributed by atoms with Crippen molar-refractivity contribution in [3.05, 3.63) is 0 Å². The number of nitrogens with zero attached hydrogens (tertiary/aromatic N) is 1. The predicted octanol–water partition coefficient (Wildman–Crippen LogP) is 1.05. The van der Waals surface area contributed by atoms with Crippen LogP contribution >= 0.6 is 12.4 Å². The van der Waals surface area contributed by atoms with Gasteiger partial charge in [-0.1, -0.05) is 6.92 Å². The molecule has 4 nitrogen and oxygen atoms in total. The molecule has 0 aliphatic carbocycles. The Kier molecular flexibility index (Phi) is 6.23. The SMILES string of the molecule is CCC1COCCN1C(=O)[C@@H]1CCCNC1.Cl. The summed E-state index contributed by atoms with van der Waals surface area (Å²) in [4.78, 5) is 14.4. The van der Waals surface area contributed by atoms with Gasteiger partial charge >= 0.3 is 0 Å². The minimum atomic E-state index is 0. The molecular weight excluding hydrogens is 240 g/mol. The third kappa shape index (κ3) is 3.57. The highest BCUT2D eigenvalue weighted by Gasteiger charge is 2.31. The van der Waals surface area contributed by atoms with Crippen molar-refractivity contribution < 1.29 is 9.53 Å². The first-order chi connectivity index (χ1) is 7.83. The third-order valence-corrected chi connectivity index (χ3v) is 3.63. The fraction of sp³-hybridized carbons (Fsp3) is 0.917. The number of amides is 1. The molecule has 0 spiro atoms. The lowest BCUT2D eigenvalue weighted by Crippen LogP contribution is -2.52. The molecule has 2 aliphatic rings. The number of nitrogens with one attached hydrogen (secondary N) is 1. The predicted molar refractivity (Wildman–Crippen MR) is 69.5 cm³/mol. The van der Waals surface area contributed by atoms with Gasteiger partial charge in [0.2, 0.25) is 5.91 Å². The molecule has 100 valence electrons. The highest BCUT2D eigenvalue weighted by Crippen LogP contribution is 2.18. The van der Waals surface area contributed by atoms with Crippen molar-refractivity contribution in [2.45, 2.75) is 32.2 Å². The van der Waals surface area contributed by atoms with Crippen molar-refractivity contribution in [1.82, 2.24) is 10.2 Å². The first kappa shape index (κ1) is 14.7. The Balaban J connectivity index is 0.00000144. The smallest absolute Gasteiger partial charge is 0.227 e. The normalized spacial score (nSPS) is 29.6. The van der Waals surface area contributed by atoms with Crippen LogP contribution in [0.5, 0.6) is 0 Å². The number of hydrogen-bond acceptors (Lipinski definition) is 3. The van der Waals surface area contributed by atoms with Gasteiger partial charge in [-0.25, -0.2) is 0 Å². The van der Waals surface area contributed by atoms with Crippen molar-refractivity contribution in [3.63, 3.8) is 0 Å². The van der Waals surface area contributed by atoms with E-state index in [9.17, 15) is 4.79 Å². The van der Waals surface area contributed by atoms with Gasteiger partial charge in [0.15, 0.2) is 0 Å². The molecule has 0 radical (unpaired) electrons. The summed E-state index contributed by atoms with van der Waals surface area (Å²) in [5.74, 6) is 0.531. The van der Waals surface area contributed by atoms with E-state index in [1.165, 1.54) is 0 Å². The Bertz CT molecular complexity index is 245. The number of ether oxygens (including phenoxy) is 1. The van der Waals surface area contributed by atoms with Crippen molar-refractivity contribution in [2.75, 3.05) is 32.8 Å². The van der Waals surface area contributed by atoms with E-state index in [2.05, 4.69) is 12.2 Å². The Morgan fingerprint density at radius 3 is 3.00 bits per heavy atom. The second kappa shape index (κ2) is 7.19. The van der Waals surface area contributed by atoms with Crippen LogP contribution in [-0.4, -0.2) is 49.7 Å². The van der Waals surface area contributed by atoms with Gasteiger partial charge in [-0.3, -0.25) is 4.79 Å². The molecule has 1 N–H and O–H groups in total. The Morgan fingerprint density at radius 1 is 1.53 bits per heavy atom. The van der Waals surface area contributed by atoms with Gasteiger partial charge in [-0.05, 0) is 25.8 Å². The minimum Gasteiger partial charge on any atom is -0.377 e. The van der Waals surface area contributed by atoms with Crippen LogP contribution in [0, 0.1) is 5.92 Å². The van der Waals surface area contributed by atoms with Crippen LogP contribution < -0.4 is 5.32 Å². The maximum Gasteiger partial charge on any atom is 0.227 e. The molecule has 0 aromatic rings. The minimum absolute atomic E-state index is 0. The molecule has 2 rings (SSSR count). The summed E-state index contributed by atoms with van der Waals surface area (Å²) in [6, 6.07) is 0.295. The molecule has 1 unspecified atom stereocenters. The summed E-state index contributed by atoms with van der Waals surface area (Å²) in [5.41, 5.74) is 0. The van der Waals surface area contributed by atoms with Gasteiger partial charge in [-0.2, -0.15) is 0 Å². The zero-order valence-electron chi connectivity index (χ0n) is 10.5. The first-order valence-corrected chi connectivity index (χ1v) is 6.42. The van der Waals surface area contributed by atoms with Gasteiger partial charge in [0.05, 0.1) is 25.2 Å². The molecular formula is C12H23ClN2O2.